The van der Waals surface area contributed by atoms with Crippen LogP contribution in [-0.4, -0.2) is 18.6 Å². The fourth-order valence-corrected chi connectivity index (χ4v) is 2.69. The summed E-state index contributed by atoms with van der Waals surface area (Å²) < 4.78 is 5.11. The van der Waals surface area contributed by atoms with E-state index in [1.807, 2.05) is 36.4 Å². The predicted octanol–water partition coefficient (Wildman–Crippen LogP) is 4.32. The van der Waals surface area contributed by atoms with Crippen molar-refractivity contribution in [2.45, 2.75) is 4.90 Å². The van der Waals surface area contributed by atoms with Crippen LogP contribution >= 0.6 is 23.4 Å². The van der Waals surface area contributed by atoms with Gasteiger partial charge in [0.15, 0.2) is 5.78 Å². The Bertz CT molecular complexity index is 584. The van der Waals surface area contributed by atoms with E-state index in [0.717, 1.165) is 4.90 Å². The van der Waals surface area contributed by atoms with Gasteiger partial charge in [-0.3, -0.25) is 4.79 Å². The van der Waals surface area contributed by atoms with E-state index in [-0.39, 0.29) is 5.78 Å². The predicted molar refractivity (Wildman–Crippen MR) is 79.5 cm³/mol. The van der Waals surface area contributed by atoms with Crippen molar-refractivity contribution in [3.8, 4) is 5.75 Å². The number of ketones is 1. The van der Waals surface area contributed by atoms with Crippen molar-refractivity contribution in [1.29, 1.82) is 0 Å². The second-order valence-electron chi connectivity index (χ2n) is 3.90. The maximum Gasteiger partial charge on any atom is 0.173 e. The molecule has 0 radical (unpaired) electrons. The van der Waals surface area contributed by atoms with Crippen LogP contribution < -0.4 is 4.74 Å². The third kappa shape index (κ3) is 4.01. The van der Waals surface area contributed by atoms with E-state index >= 15 is 0 Å². The molecule has 98 valence electrons. The van der Waals surface area contributed by atoms with Gasteiger partial charge in [-0.1, -0.05) is 29.8 Å². The molecule has 0 aliphatic heterocycles. The lowest BCUT2D eigenvalue weighted by atomic mass is 10.1. The number of hydrogen-bond acceptors (Lipinski definition) is 3. The first-order chi connectivity index (χ1) is 9.19. The minimum atomic E-state index is 0.0730. The molecular weight excluding hydrogens is 280 g/mol. The summed E-state index contributed by atoms with van der Waals surface area (Å²) >= 11 is 7.38. The van der Waals surface area contributed by atoms with Gasteiger partial charge in [-0.2, -0.15) is 0 Å². The van der Waals surface area contributed by atoms with Gasteiger partial charge in [-0.05, 0) is 30.3 Å². The first-order valence-electron chi connectivity index (χ1n) is 5.74. The van der Waals surface area contributed by atoms with Crippen molar-refractivity contribution in [2.24, 2.45) is 0 Å². The Labute approximate surface area is 121 Å². The van der Waals surface area contributed by atoms with Gasteiger partial charge >= 0.3 is 0 Å². The van der Waals surface area contributed by atoms with Crippen molar-refractivity contribution in [3.63, 3.8) is 0 Å². The monoisotopic (exact) mass is 292 g/mol. The summed E-state index contributed by atoms with van der Waals surface area (Å²) in [6.07, 6.45) is 0. The van der Waals surface area contributed by atoms with Crippen molar-refractivity contribution < 1.29 is 9.53 Å². The molecule has 0 unspecified atom stereocenters. The van der Waals surface area contributed by atoms with E-state index in [1.54, 1.807) is 19.2 Å². The van der Waals surface area contributed by atoms with Crippen LogP contribution in [0.5, 0.6) is 5.75 Å². The lowest BCUT2D eigenvalue weighted by molar-refractivity contribution is 0.102. The highest BCUT2D eigenvalue weighted by Crippen LogP contribution is 2.23. The van der Waals surface area contributed by atoms with E-state index in [0.29, 0.717) is 22.1 Å². The lowest BCUT2D eigenvalue weighted by Crippen LogP contribution is -2.02. The molecule has 0 heterocycles. The number of rotatable bonds is 5. The molecule has 0 aliphatic carbocycles. The number of hydrogen-bond donors (Lipinski definition) is 0. The zero-order chi connectivity index (χ0) is 13.7. The first kappa shape index (κ1) is 14.0. The standard InChI is InChI=1S/C15H13ClO2S/c1-18-13-6-2-4-11(8-13)15(17)10-19-14-7-3-5-12(16)9-14/h2-9H,10H2,1H3. The number of halogens is 1. The highest BCUT2D eigenvalue weighted by Gasteiger charge is 2.07. The maximum atomic E-state index is 12.1. The molecule has 0 N–H and O–H groups in total. The second kappa shape index (κ2) is 6.64. The molecule has 0 saturated carbocycles. The van der Waals surface area contributed by atoms with Gasteiger partial charge in [0.25, 0.3) is 0 Å². The minimum absolute atomic E-state index is 0.0730. The van der Waals surface area contributed by atoms with Crippen molar-refractivity contribution >= 4 is 29.1 Å². The van der Waals surface area contributed by atoms with Gasteiger partial charge in [-0.15, -0.1) is 11.8 Å². The van der Waals surface area contributed by atoms with E-state index < -0.39 is 0 Å². The molecule has 0 spiro atoms. The fourth-order valence-electron chi connectivity index (χ4n) is 1.59. The van der Waals surface area contributed by atoms with Crippen molar-refractivity contribution in [2.75, 3.05) is 12.9 Å². The Morgan fingerprint density at radius 1 is 1.21 bits per heavy atom. The topological polar surface area (TPSA) is 26.3 Å². The lowest BCUT2D eigenvalue weighted by Gasteiger charge is -2.04. The van der Waals surface area contributed by atoms with Gasteiger partial charge < -0.3 is 4.74 Å². The third-order valence-electron chi connectivity index (χ3n) is 2.56. The zero-order valence-corrected chi connectivity index (χ0v) is 12.0. The molecule has 0 aliphatic rings. The summed E-state index contributed by atoms with van der Waals surface area (Å²) in [4.78, 5) is 13.1. The van der Waals surface area contributed by atoms with E-state index in [4.69, 9.17) is 16.3 Å². The van der Waals surface area contributed by atoms with Crippen molar-refractivity contribution in [1.82, 2.24) is 0 Å². The fraction of sp³-hybridized carbons (Fsp3) is 0.133. The van der Waals surface area contributed by atoms with Crippen molar-refractivity contribution in [3.05, 3.63) is 59.1 Å². The molecule has 19 heavy (non-hydrogen) atoms. The van der Waals surface area contributed by atoms with Crippen LogP contribution in [0.25, 0.3) is 0 Å². The third-order valence-corrected chi connectivity index (χ3v) is 3.79. The Morgan fingerprint density at radius 3 is 2.74 bits per heavy atom. The molecular formula is C15H13ClO2S. The maximum absolute atomic E-state index is 12.1. The van der Waals surface area contributed by atoms with Crippen LogP contribution in [-0.2, 0) is 0 Å². The van der Waals surface area contributed by atoms with E-state index in [9.17, 15) is 4.79 Å². The summed E-state index contributed by atoms with van der Waals surface area (Å²) in [5, 5.41) is 0.679. The Kier molecular flexibility index (Phi) is 4.88. The van der Waals surface area contributed by atoms with Crippen LogP contribution in [0.3, 0.4) is 0 Å². The van der Waals surface area contributed by atoms with Crippen LogP contribution in [0.1, 0.15) is 10.4 Å². The molecule has 0 aromatic heterocycles. The summed E-state index contributed by atoms with van der Waals surface area (Å²) in [7, 11) is 1.59. The molecule has 2 nitrogen and oxygen atoms in total. The molecule has 2 aromatic rings. The van der Waals surface area contributed by atoms with Gasteiger partial charge in [-0.25, -0.2) is 0 Å². The number of carbonyl (C=O) groups excluding carboxylic acids is 1. The van der Waals surface area contributed by atoms with Crippen LogP contribution in [0.4, 0.5) is 0 Å². The molecule has 2 aromatic carbocycles. The second-order valence-corrected chi connectivity index (χ2v) is 5.39. The molecule has 0 fully saturated rings. The number of methoxy groups -OCH3 is 1. The highest BCUT2D eigenvalue weighted by atomic mass is 35.5. The quantitative estimate of drug-likeness (QED) is 0.606. The molecule has 2 rings (SSSR count). The molecule has 0 bridgehead atoms. The molecule has 0 atom stereocenters. The average Bonchev–Trinajstić information content (AvgIpc) is 2.45. The van der Waals surface area contributed by atoms with Gasteiger partial charge in [0.05, 0.1) is 12.9 Å². The molecule has 0 amide bonds. The van der Waals surface area contributed by atoms with E-state index in [1.165, 1.54) is 11.8 Å². The Balaban J connectivity index is 2.01. The molecule has 0 saturated heterocycles. The number of thioether (sulfide) groups is 1. The zero-order valence-electron chi connectivity index (χ0n) is 10.4. The van der Waals surface area contributed by atoms with Crippen LogP contribution in [0, 0.1) is 0 Å². The summed E-state index contributed by atoms with van der Waals surface area (Å²) in [6, 6.07) is 14.7. The Morgan fingerprint density at radius 2 is 2.00 bits per heavy atom. The van der Waals surface area contributed by atoms with E-state index in [2.05, 4.69) is 0 Å². The van der Waals surface area contributed by atoms with Gasteiger partial charge in [0, 0.05) is 15.5 Å². The summed E-state index contributed by atoms with van der Waals surface area (Å²) in [6.45, 7) is 0. The number of Topliss-reactive ketones (excluding diaryl/α,β-unsaturated/α-hetero) is 1. The first-order valence-corrected chi connectivity index (χ1v) is 7.11. The summed E-state index contributed by atoms with van der Waals surface area (Å²) in [5.74, 6) is 1.15. The summed E-state index contributed by atoms with van der Waals surface area (Å²) in [5.41, 5.74) is 0.661. The average molecular weight is 293 g/mol. The Hall–Kier alpha value is -1.45. The number of carbonyl (C=O) groups is 1. The molecule has 4 heteroatoms. The largest absolute Gasteiger partial charge is 0.497 e. The minimum Gasteiger partial charge on any atom is -0.497 e. The van der Waals surface area contributed by atoms with Gasteiger partial charge in [0.2, 0.25) is 0 Å². The normalized spacial score (nSPS) is 10.2. The highest BCUT2D eigenvalue weighted by molar-refractivity contribution is 8.00. The number of benzene rings is 2. The number of ether oxygens (including phenoxy) is 1. The SMILES string of the molecule is COc1cccc(C(=O)CSc2cccc(Cl)c2)c1. The van der Waals surface area contributed by atoms with Gasteiger partial charge in [0.1, 0.15) is 5.75 Å². The smallest absolute Gasteiger partial charge is 0.173 e. The van der Waals surface area contributed by atoms with Crippen LogP contribution in [0.15, 0.2) is 53.4 Å². The van der Waals surface area contributed by atoms with Crippen LogP contribution in [0.2, 0.25) is 5.02 Å².